The van der Waals surface area contributed by atoms with Crippen LogP contribution in [0.2, 0.25) is 0 Å². The van der Waals surface area contributed by atoms with Gasteiger partial charge in [0.2, 0.25) is 5.91 Å². The summed E-state index contributed by atoms with van der Waals surface area (Å²) in [6.07, 6.45) is 2.29. The minimum Gasteiger partial charge on any atom is -0.347 e. The van der Waals surface area contributed by atoms with Crippen molar-refractivity contribution in [3.05, 3.63) is 29.8 Å². The average molecular weight is 318 g/mol. The van der Waals surface area contributed by atoms with Crippen LogP contribution < -0.4 is 5.32 Å². The first-order chi connectivity index (χ1) is 11.1. The Hall–Kier alpha value is -1.43. The molecule has 3 rings (SSSR count). The van der Waals surface area contributed by atoms with Crippen LogP contribution in [0, 0.1) is 5.92 Å². The molecule has 1 aromatic rings. The maximum absolute atomic E-state index is 11.4. The fourth-order valence-corrected chi connectivity index (χ4v) is 3.60. The van der Waals surface area contributed by atoms with Gasteiger partial charge in [0, 0.05) is 31.6 Å². The van der Waals surface area contributed by atoms with Crippen molar-refractivity contribution >= 4 is 11.6 Å². The van der Waals surface area contributed by atoms with E-state index in [0.29, 0.717) is 19.1 Å². The Morgan fingerprint density at radius 2 is 2.09 bits per heavy atom. The van der Waals surface area contributed by atoms with E-state index in [1.165, 1.54) is 0 Å². The van der Waals surface area contributed by atoms with Crippen LogP contribution in [0.3, 0.4) is 0 Å². The van der Waals surface area contributed by atoms with Crippen molar-refractivity contribution in [1.82, 2.24) is 4.90 Å². The van der Waals surface area contributed by atoms with E-state index >= 15 is 0 Å². The van der Waals surface area contributed by atoms with Gasteiger partial charge < -0.3 is 14.8 Å². The van der Waals surface area contributed by atoms with E-state index in [-0.39, 0.29) is 5.91 Å². The molecule has 2 fully saturated rings. The lowest BCUT2D eigenvalue weighted by Crippen LogP contribution is -2.46. The molecule has 1 N–H and O–H groups in total. The Kier molecular flexibility index (Phi) is 4.99. The van der Waals surface area contributed by atoms with Gasteiger partial charge in [0.25, 0.3) is 0 Å². The molecule has 0 bridgehead atoms. The second kappa shape index (κ2) is 6.99. The Morgan fingerprint density at radius 1 is 1.35 bits per heavy atom. The van der Waals surface area contributed by atoms with Gasteiger partial charge in [-0.05, 0) is 37.9 Å². The molecular formula is C18H26N2O3. The van der Waals surface area contributed by atoms with Gasteiger partial charge in [0.05, 0.1) is 13.2 Å². The zero-order valence-corrected chi connectivity index (χ0v) is 14.0. The molecule has 1 amide bonds. The van der Waals surface area contributed by atoms with E-state index in [1.807, 2.05) is 18.2 Å². The fraction of sp³-hybridized carbons (Fsp3) is 0.611. The van der Waals surface area contributed by atoms with E-state index in [1.54, 1.807) is 6.92 Å². The normalized spacial score (nSPS) is 24.5. The van der Waals surface area contributed by atoms with Gasteiger partial charge in [-0.3, -0.25) is 9.69 Å². The smallest absolute Gasteiger partial charge is 0.221 e. The molecule has 0 aliphatic carbocycles. The maximum atomic E-state index is 11.4. The number of rotatable bonds is 4. The highest BCUT2D eigenvalue weighted by Crippen LogP contribution is 2.34. The van der Waals surface area contributed by atoms with Gasteiger partial charge in [-0.25, -0.2) is 0 Å². The lowest BCUT2D eigenvalue weighted by Gasteiger charge is -2.40. The predicted octanol–water partition coefficient (Wildman–Crippen LogP) is 2.62. The number of likely N-dealkylation sites (tertiary alicyclic amines) is 1. The fourth-order valence-electron chi connectivity index (χ4n) is 3.60. The van der Waals surface area contributed by atoms with Gasteiger partial charge in [0.1, 0.15) is 0 Å². The summed E-state index contributed by atoms with van der Waals surface area (Å²) < 4.78 is 11.7. The number of hydrogen-bond donors (Lipinski definition) is 1. The van der Waals surface area contributed by atoms with Crippen molar-refractivity contribution in [3.8, 4) is 0 Å². The molecule has 0 unspecified atom stereocenters. The molecule has 0 aromatic heterocycles. The average Bonchev–Trinajstić information content (AvgIpc) is 2.97. The number of anilines is 1. The Labute approximate surface area is 137 Å². The van der Waals surface area contributed by atoms with Crippen molar-refractivity contribution in [3.63, 3.8) is 0 Å². The van der Waals surface area contributed by atoms with Crippen molar-refractivity contribution in [2.24, 2.45) is 5.92 Å². The van der Waals surface area contributed by atoms with Crippen LogP contribution in [0.15, 0.2) is 24.3 Å². The molecular weight excluding hydrogens is 292 g/mol. The van der Waals surface area contributed by atoms with Gasteiger partial charge >= 0.3 is 0 Å². The van der Waals surface area contributed by atoms with Crippen LogP contribution in [0.1, 0.15) is 32.3 Å². The van der Waals surface area contributed by atoms with Crippen LogP contribution in [0.4, 0.5) is 5.69 Å². The predicted molar refractivity (Wildman–Crippen MR) is 89.1 cm³/mol. The lowest BCUT2D eigenvalue weighted by atomic mass is 9.90. The van der Waals surface area contributed by atoms with Crippen molar-refractivity contribution in [2.45, 2.75) is 39.0 Å². The standard InChI is InChI=1S/C18H26N2O3/c1-14(21)19-17-8-4-3-6-15(17)12-20-9-5-7-16(13-20)18(2)22-10-11-23-18/h3-4,6,8,16H,5,7,9-13H2,1-2H3,(H,19,21)/t16-/m0/s1. The Bertz CT molecular complexity index is 555. The monoisotopic (exact) mass is 318 g/mol. The van der Waals surface area contributed by atoms with E-state index in [4.69, 9.17) is 9.47 Å². The van der Waals surface area contributed by atoms with Gasteiger partial charge in [-0.2, -0.15) is 0 Å². The highest BCUT2D eigenvalue weighted by Gasteiger charge is 2.41. The van der Waals surface area contributed by atoms with E-state index < -0.39 is 5.79 Å². The first-order valence-corrected chi connectivity index (χ1v) is 8.42. The molecule has 1 aromatic carbocycles. The molecule has 0 radical (unpaired) electrons. The SMILES string of the molecule is CC(=O)Nc1ccccc1CN1CCC[C@H](C2(C)OCCO2)C1. The summed E-state index contributed by atoms with van der Waals surface area (Å²) >= 11 is 0. The van der Waals surface area contributed by atoms with Crippen molar-refractivity contribution < 1.29 is 14.3 Å². The number of amides is 1. The third-order valence-electron chi connectivity index (χ3n) is 4.83. The molecule has 2 aliphatic heterocycles. The number of carbonyl (C=O) groups is 1. The lowest BCUT2D eigenvalue weighted by molar-refractivity contribution is -0.192. The van der Waals surface area contributed by atoms with Crippen LogP contribution in [0.25, 0.3) is 0 Å². The second-order valence-corrected chi connectivity index (χ2v) is 6.63. The molecule has 23 heavy (non-hydrogen) atoms. The highest BCUT2D eigenvalue weighted by atomic mass is 16.7. The van der Waals surface area contributed by atoms with E-state index in [0.717, 1.165) is 43.7 Å². The third kappa shape index (κ3) is 3.91. The molecule has 0 spiro atoms. The first-order valence-electron chi connectivity index (χ1n) is 8.42. The molecule has 126 valence electrons. The molecule has 5 nitrogen and oxygen atoms in total. The third-order valence-corrected chi connectivity index (χ3v) is 4.83. The summed E-state index contributed by atoms with van der Waals surface area (Å²) in [6.45, 7) is 7.87. The first kappa shape index (κ1) is 16.4. The number of hydrogen-bond acceptors (Lipinski definition) is 4. The molecule has 0 saturated carbocycles. The van der Waals surface area contributed by atoms with Crippen LogP contribution in [0.5, 0.6) is 0 Å². The number of benzene rings is 1. The number of para-hydroxylation sites is 1. The molecule has 2 saturated heterocycles. The summed E-state index contributed by atoms with van der Waals surface area (Å²) in [5, 5.41) is 2.92. The van der Waals surface area contributed by atoms with E-state index in [9.17, 15) is 4.79 Å². The highest BCUT2D eigenvalue weighted by molar-refractivity contribution is 5.89. The molecule has 2 heterocycles. The summed E-state index contributed by atoms with van der Waals surface area (Å²) in [5.41, 5.74) is 2.06. The summed E-state index contributed by atoms with van der Waals surface area (Å²) in [5.74, 6) is -0.0727. The topological polar surface area (TPSA) is 50.8 Å². The zero-order valence-electron chi connectivity index (χ0n) is 14.0. The molecule has 2 aliphatic rings. The number of nitrogens with zero attached hydrogens (tertiary/aromatic N) is 1. The van der Waals surface area contributed by atoms with Crippen LogP contribution in [-0.4, -0.2) is 42.9 Å². The van der Waals surface area contributed by atoms with Crippen molar-refractivity contribution in [1.29, 1.82) is 0 Å². The minimum atomic E-state index is -0.435. The largest absolute Gasteiger partial charge is 0.347 e. The van der Waals surface area contributed by atoms with E-state index in [2.05, 4.69) is 23.2 Å². The minimum absolute atomic E-state index is 0.0331. The van der Waals surface area contributed by atoms with Crippen molar-refractivity contribution in [2.75, 3.05) is 31.6 Å². The maximum Gasteiger partial charge on any atom is 0.221 e. The van der Waals surface area contributed by atoms with Crippen LogP contribution in [-0.2, 0) is 20.8 Å². The Morgan fingerprint density at radius 3 is 2.83 bits per heavy atom. The number of piperidine rings is 1. The second-order valence-electron chi connectivity index (χ2n) is 6.63. The molecule has 5 heteroatoms. The van der Waals surface area contributed by atoms with Crippen LogP contribution >= 0.6 is 0 Å². The number of ether oxygens (including phenoxy) is 2. The molecule has 1 atom stereocenters. The number of nitrogens with one attached hydrogen (secondary N) is 1. The summed E-state index contributed by atoms with van der Waals surface area (Å²) in [6, 6.07) is 8.02. The summed E-state index contributed by atoms with van der Waals surface area (Å²) in [7, 11) is 0. The number of carbonyl (C=O) groups excluding carboxylic acids is 1. The van der Waals surface area contributed by atoms with Gasteiger partial charge in [0.15, 0.2) is 5.79 Å². The zero-order chi connectivity index (χ0) is 16.3. The summed E-state index contributed by atoms with van der Waals surface area (Å²) in [4.78, 5) is 13.8. The Balaban J connectivity index is 1.67. The van der Waals surface area contributed by atoms with Gasteiger partial charge in [-0.1, -0.05) is 18.2 Å². The van der Waals surface area contributed by atoms with Gasteiger partial charge in [-0.15, -0.1) is 0 Å². The quantitative estimate of drug-likeness (QED) is 0.927.